The van der Waals surface area contributed by atoms with Gasteiger partial charge >= 0.3 is 0 Å². The van der Waals surface area contributed by atoms with Crippen LogP contribution in [0.15, 0.2) is 0 Å². The summed E-state index contributed by atoms with van der Waals surface area (Å²) in [7, 11) is 1.67. The van der Waals surface area contributed by atoms with E-state index in [2.05, 4.69) is 5.32 Å². The summed E-state index contributed by atoms with van der Waals surface area (Å²) in [4.78, 5) is 0. The Hall–Kier alpha value is -0.220. The Labute approximate surface area is 64.9 Å². The van der Waals surface area contributed by atoms with Gasteiger partial charge in [0.15, 0.2) is 0 Å². The van der Waals surface area contributed by atoms with Gasteiger partial charge in [-0.05, 0) is 7.05 Å². The van der Waals surface area contributed by atoms with E-state index in [1.807, 2.05) is 0 Å². The average molecular weight is 165 g/mol. The highest BCUT2D eigenvalue weighted by Gasteiger charge is 2.54. The monoisotopic (exact) mass is 165 g/mol. The van der Waals surface area contributed by atoms with E-state index in [0.717, 1.165) is 0 Å². The van der Waals surface area contributed by atoms with Crippen LogP contribution in [0.5, 0.6) is 0 Å². The Morgan fingerprint density at radius 3 is 2.45 bits per heavy atom. The zero-order valence-corrected chi connectivity index (χ0v) is 6.79. The molecule has 0 aromatic carbocycles. The molecule has 66 valence electrons. The summed E-state index contributed by atoms with van der Waals surface area (Å²) in [5.74, 6) is -2.68. The van der Waals surface area contributed by atoms with E-state index in [1.165, 1.54) is 6.92 Å². The van der Waals surface area contributed by atoms with Gasteiger partial charge in [0, 0.05) is 6.54 Å². The van der Waals surface area contributed by atoms with Gasteiger partial charge in [0.1, 0.15) is 6.61 Å². The predicted molar refractivity (Wildman–Crippen MR) is 37.8 cm³/mol. The number of hydrogen-bond acceptors (Lipinski definition) is 2. The van der Waals surface area contributed by atoms with Crippen LogP contribution in [0, 0.1) is 5.41 Å². The molecule has 1 heterocycles. The van der Waals surface area contributed by atoms with Gasteiger partial charge in [-0.2, -0.15) is 0 Å². The molecule has 2 nitrogen and oxygen atoms in total. The van der Waals surface area contributed by atoms with Crippen molar-refractivity contribution in [2.24, 2.45) is 5.41 Å². The van der Waals surface area contributed by atoms with Crippen molar-refractivity contribution >= 4 is 0 Å². The van der Waals surface area contributed by atoms with E-state index in [1.54, 1.807) is 7.05 Å². The number of halogens is 2. The number of ether oxygens (including phenoxy) is 1. The Balaban J connectivity index is 2.68. The highest BCUT2D eigenvalue weighted by molar-refractivity contribution is 4.94. The normalized spacial score (nSPS) is 36.0. The lowest BCUT2D eigenvalue weighted by Crippen LogP contribution is -2.44. The lowest BCUT2D eigenvalue weighted by atomic mass is 9.86. The molecule has 0 aliphatic carbocycles. The lowest BCUT2D eigenvalue weighted by Gasteiger charge is -2.28. The van der Waals surface area contributed by atoms with Gasteiger partial charge in [0.05, 0.1) is 12.0 Å². The van der Waals surface area contributed by atoms with Gasteiger partial charge in [0.2, 0.25) is 0 Å². The first kappa shape index (κ1) is 8.87. The third-order valence-electron chi connectivity index (χ3n) is 2.15. The Morgan fingerprint density at radius 2 is 2.09 bits per heavy atom. The molecule has 4 heteroatoms. The molecule has 0 radical (unpaired) electrons. The second kappa shape index (κ2) is 2.68. The maximum atomic E-state index is 13.0. The molecule has 1 aliphatic rings. The molecule has 11 heavy (non-hydrogen) atoms. The first-order valence-electron chi connectivity index (χ1n) is 3.62. The quantitative estimate of drug-likeness (QED) is 0.655. The van der Waals surface area contributed by atoms with Crippen molar-refractivity contribution in [2.75, 3.05) is 26.8 Å². The van der Waals surface area contributed by atoms with Crippen LogP contribution in [0.1, 0.15) is 6.92 Å². The number of alkyl halides is 2. The molecule has 1 rings (SSSR count). The molecule has 0 bridgehead atoms. The summed E-state index contributed by atoms with van der Waals surface area (Å²) in [5.41, 5.74) is -1.03. The number of rotatable bonds is 2. The molecule has 1 atom stereocenters. The standard InChI is InChI=1S/C7H13F2NO/c1-6(3-10-2)4-11-5-7(6,8)9/h10H,3-5H2,1-2H3/t6-/m1/s1. The van der Waals surface area contributed by atoms with Gasteiger partial charge < -0.3 is 10.1 Å². The van der Waals surface area contributed by atoms with E-state index >= 15 is 0 Å². The molecule has 1 fully saturated rings. The lowest BCUT2D eigenvalue weighted by molar-refractivity contribution is -0.0769. The summed E-state index contributed by atoms with van der Waals surface area (Å²) in [6.07, 6.45) is 0. The van der Waals surface area contributed by atoms with E-state index < -0.39 is 17.9 Å². The molecule has 0 saturated carbocycles. The molecule has 0 aromatic heterocycles. The predicted octanol–water partition coefficient (Wildman–Crippen LogP) is 0.878. The van der Waals surface area contributed by atoms with Crippen LogP contribution in [0.2, 0.25) is 0 Å². The largest absolute Gasteiger partial charge is 0.374 e. The fraction of sp³-hybridized carbons (Fsp3) is 1.00. The topological polar surface area (TPSA) is 21.3 Å². The zero-order valence-electron chi connectivity index (χ0n) is 6.79. The van der Waals surface area contributed by atoms with Gasteiger partial charge in [-0.1, -0.05) is 6.92 Å². The minimum atomic E-state index is -2.68. The average Bonchev–Trinajstić information content (AvgIpc) is 2.09. The third-order valence-corrected chi connectivity index (χ3v) is 2.15. The van der Waals surface area contributed by atoms with Crippen molar-refractivity contribution in [3.8, 4) is 0 Å². The molecular formula is C7H13F2NO. The van der Waals surface area contributed by atoms with Crippen LogP contribution in [0.4, 0.5) is 8.78 Å². The van der Waals surface area contributed by atoms with Crippen LogP contribution in [-0.4, -0.2) is 32.7 Å². The second-order valence-corrected chi connectivity index (χ2v) is 3.29. The van der Waals surface area contributed by atoms with Gasteiger partial charge in [-0.25, -0.2) is 8.78 Å². The van der Waals surface area contributed by atoms with Gasteiger partial charge in [-0.15, -0.1) is 0 Å². The maximum Gasteiger partial charge on any atom is 0.279 e. The Kier molecular flexibility index (Phi) is 2.16. The molecule has 0 unspecified atom stereocenters. The number of hydrogen-bond donors (Lipinski definition) is 1. The fourth-order valence-corrected chi connectivity index (χ4v) is 1.25. The molecule has 1 saturated heterocycles. The maximum absolute atomic E-state index is 13.0. The van der Waals surface area contributed by atoms with Crippen molar-refractivity contribution in [2.45, 2.75) is 12.8 Å². The number of nitrogens with one attached hydrogen (secondary N) is 1. The molecule has 0 aromatic rings. The zero-order chi connectivity index (χ0) is 8.54. The van der Waals surface area contributed by atoms with Crippen molar-refractivity contribution in [1.29, 1.82) is 0 Å². The van der Waals surface area contributed by atoms with Crippen LogP contribution in [-0.2, 0) is 4.74 Å². The minimum absolute atomic E-state index is 0.140. The Morgan fingerprint density at radius 1 is 1.45 bits per heavy atom. The molecule has 1 aliphatic heterocycles. The summed E-state index contributed by atoms with van der Waals surface area (Å²) in [6, 6.07) is 0. The minimum Gasteiger partial charge on any atom is -0.374 e. The van der Waals surface area contributed by atoms with Crippen LogP contribution in [0.3, 0.4) is 0 Å². The molecule has 0 amide bonds. The highest BCUT2D eigenvalue weighted by Crippen LogP contribution is 2.41. The molecule has 1 N–H and O–H groups in total. The van der Waals surface area contributed by atoms with Gasteiger partial charge in [0.25, 0.3) is 5.92 Å². The molecule has 0 spiro atoms. The summed E-state index contributed by atoms with van der Waals surface area (Å²) < 4.78 is 30.8. The Bertz CT molecular complexity index is 151. The van der Waals surface area contributed by atoms with Crippen molar-refractivity contribution in [3.63, 3.8) is 0 Å². The SMILES string of the molecule is CNC[C@]1(C)COCC1(F)F. The van der Waals surface area contributed by atoms with Crippen LogP contribution < -0.4 is 5.32 Å². The second-order valence-electron chi connectivity index (χ2n) is 3.29. The first-order chi connectivity index (χ1) is 5.02. The summed E-state index contributed by atoms with van der Waals surface area (Å²) >= 11 is 0. The van der Waals surface area contributed by atoms with Crippen molar-refractivity contribution in [1.82, 2.24) is 5.32 Å². The molecular weight excluding hydrogens is 152 g/mol. The first-order valence-corrected chi connectivity index (χ1v) is 3.62. The van der Waals surface area contributed by atoms with Crippen LogP contribution >= 0.6 is 0 Å². The van der Waals surface area contributed by atoms with Crippen molar-refractivity contribution < 1.29 is 13.5 Å². The summed E-state index contributed by atoms with van der Waals surface area (Å²) in [5, 5.41) is 2.75. The van der Waals surface area contributed by atoms with Crippen LogP contribution in [0.25, 0.3) is 0 Å². The third kappa shape index (κ3) is 1.37. The van der Waals surface area contributed by atoms with E-state index in [4.69, 9.17) is 4.74 Å². The van der Waals surface area contributed by atoms with Gasteiger partial charge in [-0.3, -0.25) is 0 Å². The smallest absolute Gasteiger partial charge is 0.279 e. The summed E-state index contributed by atoms with van der Waals surface area (Å²) in [6.45, 7) is 1.53. The van der Waals surface area contributed by atoms with E-state index in [-0.39, 0.29) is 6.61 Å². The highest BCUT2D eigenvalue weighted by atomic mass is 19.3. The van der Waals surface area contributed by atoms with Crippen molar-refractivity contribution in [3.05, 3.63) is 0 Å². The van der Waals surface area contributed by atoms with E-state index in [9.17, 15) is 8.78 Å². The van der Waals surface area contributed by atoms with E-state index in [0.29, 0.717) is 6.54 Å². The fourth-order valence-electron chi connectivity index (χ4n) is 1.25.